The van der Waals surface area contributed by atoms with E-state index in [0.29, 0.717) is 23.1 Å². The van der Waals surface area contributed by atoms with Crippen LogP contribution in [0.5, 0.6) is 11.5 Å². The molecule has 0 amide bonds. The van der Waals surface area contributed by atoms with Crippen molar-refractivity contribution in [2.75, 3.05) is 6.79 Å². The molecular weight excluding hydrogens is 270 g/mol. The Morgan fingerprint density at radius 3 is 2.84 bits per heavy atom. The summed E-state index contributed by atoms with van der Waals surface area (Å²) in [4.78, 5) is 11.1. The lowest BCUT2D eigenvalue weighted by Gasteiger charge is -2.18. The molecule has 5 nitrogen and oxygen atoms in total. The molecule has 0 fully saturated rings. The summed E-state index contributed by atoms with van der Waals surface area (Å²) in [6.07, 6.45) is 0. The largest absolute Gasteiger partial charge is 0.480 e. The van der Waals surface area contributed by atoms with Crippen molar-refractivity contribution in [2.24, 2.45) is 5.92 Å². The van der Waals surface area contributed by atoms with Crippen LogP contribution in [0, 0.1) is 5.92 Å². The van der Waals surface area contributed by atoms with E-state index in [-0.39, 0.29) is 12.7 Å². The second-order valence-electron chi connectivity index (χ2n) is 4.75. The Morgan fingerprint density at radius 2 is 2.21 bits per heavy atom. The van der Waals surface area contributed by atoms with Crippen LogP contribution in [0.1, 0.15) is 19.4 Å². The maximum absolute atomic E-state index is 11.1. The standard InChI is InChI=1S/C13H16ClNO4/c1-7(2)11(13(16)17)15-5-8-3-9(14)12-10(4-8)18-6-19-12/h3-4,7,11,15H,5-6H2,1-2H3,(H,16,17). The SMILES string of the molecule is CC(C)C(NCc1cc(Cl)c2c(c1)OCO2)C(=O)O. The van der Waals surface area contributed by atoms with Crippen molar-refractivity contribution < 1.29 is 19.4 Å². The van der Waals surface area contributed by atoms with Crippen molar-refractivity contribution in [1.82, 2.24) is 5.32 Å². The Bertz CT molecular complexity index is 490. The van der Waals surface area contributed by atoms with Gasteiger partial charge < -0.3 is 19.9 Å². The highest BCUT2D eigenvalue weighted by atomic mass is 35.5. The Balaban J connectivity index is 2.08. The topological polar surface area (TPSA) is 67.8 Å². The van der Waals surface area contributed by atoms with E-state index in [9.17, 15) is 4.79 Å². The van der Waals surface area contributed by atoms with Gasteiger partial charge in [-0.25, -0.2) is 0 Å². The van der Waals surface area contributed by atoms with Crippen LogP contribution in [-0.2, 0) is 11.3 Å². The maximum Gasteiger partial charge on any atom is 0.320 e. The van der Waals surface area contributed by atoms with Crippen molar-refractivity contribution in [3.8, 4) is 11.5 Å². The predicted octanol–water partition coefficient (Wildman–Crippen LogP) is 2.27. The lowest BCUT2D eigenvalue weighted by Crippen LogP contribution is -2.40. The van der Waals surface area contributed by atoms with Crippen molar-refractivity contribution in [3.05, 3.63) is 22.7 Å². The number of carboxylic acid groups (broad SMARTS) is 1. The third kappa shape index (κ3) is 3.11. The molecule has 6 heteroatoms. The van der Waals surface area contributed by atoms with Crippen LogP contribution in [0.15, 0.2) is 12.1 Å². The monoisotopic (exact) mass is 285 g/mol. The average Bonchev–Trinajstić information content (AvgIpc) is 2.76. The first-order chi connectivity index (χ1) is 8.99. The molecule has 0 aliphatic carbocycles. The van der Waals surface area contributed by atoms with E-state index < -0.39 is 12.0 Å². The maximum atomic E-state index is 11.1. The highest BCUT2D eigenvalue weighted by molar-refractivity contribution is 6.32. The zero-order valence-electron chi connectivity index (χ0n) is 10.8. The van der Waals surface area contributed by atoms with Gasteiger partial charge in [0, 0.05) is 6.54 Å². The number of hydrogen-bond acceptors (Lipinski definition) is 4. The minimum absolute atomic E-state index is 0.00184. The summed E-state index contributed by atoms with van der Waals surface area (Å²) in [7, 11) is 0. The molecule has 1 aromatic carbocycles. The van der Waals surface area contributed by atoms with E-state index >= 15 is 0 Å². The Hall–Kier alpha value is -1.46. The van der Waals surface area contributed by atoms with Gasteiger partial charge in [0.1, 0.15) is 6.04 Å². The van der Waals surface area contributed by atoms with Gasteiger partial charge in [-0.15, -0.1) is 0 Å². The zero-order valence-corrected chi connectivity index (χ0v) is 11.5. The second-order valence-corrected chi connectivity index (χ2v) is 5.16. The molecule has 0 saturated carbocycles. The van der Waals surface area contributed by atoms with Crippen molar-refractivity contribution >= 4 is 17.6 Å². The van der Waals surface area contributed by atoms with Gasteiger partial charge in [0.2, 0.25) is 6.79 Å². The Labute approximate surface area is 116 Å². The number of nitrogens with one attached hydrogen (secondary N) is 1. The fraction of sp³-hybridized carbons (Fsp3) is 0.462. The summed E-state index contributed by atoms with van der Waals surface area (Å²) in [6, 6.07) is 2.96. The van der Waals surface area contributed by atoms with Crippen molar-refractivity contribution in [2.45, 2.75) is 26.4 Å². The third-order valence-corrected chi connectivity index (χ3v) is 3.23. The van der Waals surface area contributed by atoms with E-state index in [2.05, 4.69) is 5.32 Å². The van der Waals surface area contributed by atoms with Crippen LogP contribution in [-0.4, -0.2) is 23.9 Å². The number of benzene rings is 1. The molecule has 1 unspecified atom stereocenters. The van der Waals surface area contributed by atoms with Crippen LogP contribution >= 0.6 is 11.6 Å². The van der Waals surface area contributed by atoms with Gasteiger partial charge in [-0.05, 0) is 23.6 Å². The number of carbonyl (C=O) groups is 1. The number of halogens is 1. The van der Waals surface area contributed by atoms with Crippen LogP contribution in [0.3, 0.4) is 0 Å². The minimum atomic E-state index is -0.859. The van der Waals surface area contributed by atoms with E-state index in [1.54, 1.807) is 12.1 Å². The normalized spacial score (nSPS) is 14.7. The lowest BCUT2D eigenvalue weighted by molar-refractivity contribution is -0.140. The summed E-state index contributed by atoms with van der Waals surface area (Å²) in [5, 5.41) is 12.6. The summed E-state index contributed by atoms with van der Waals surface area (Å²) >= 11 is 6.07. The van der Waals surface area contributed by atoms with E-state index in [0.717, 1.165) is 5.56 Å². The molecule has 2 rings (SSSR count). The van der Waals surface area contributed by atoms with E-state index in [1.807, 2.05) is 13.8 Å². The van der Waals surface area contributed by atoms with Gasteiger partial charge in [-0.2, -0.15) is 0 Å². The predicted molar refractivity (Wildman–Crippen MR) is 70.7 cm³/mol. The lowest BCUT2D eigenvalue weighted by atomic mass is 10.0. The van der Waals surface area contributed by atoms with Crippen LogP contribution in [0.4, 0.5) is 0 Å². The Morgan fingerprint density at radius 1 is 1.47 bits per heavy atom. The molecule has 104 valence electrons. The summed E-state index contributed by atoms with van der Waals surface area (Å²) in [6.45, 7) is 4.29. The van der Waals surface area contributed by atoms with Gasteiger partial charge in [0.15, 0.2) is 11.5 Å². The molecule has 1 aliphatic rings. The molecule has 2 N–H and O–H groups in total. The van der Waals surface area contributed by atoms with Crippen molar-refractivity contribution in [1.29, 1.82) is 0 Å². The fourth-order valence-electron chi connectivity index (χ4n) is 1.96. The van der Waals surface area contributed by atoms with Gasteiger partial charge in [-0.3, -0.25) is 4.79 Å². The molecule has 1 aliphatic heterocycles. The van der Waals surface area contributed by atoms with Crippen molar-refractivity contribution in [3.63, 3.8) is 0 Å². The smallest absolute Gasteiger partial charge is 0.320 e. The Kier molecular flexibility index (Phi) is 4.17. The second kappa shape index (κ2) is 5.67. The van der Waals surface area contributed by atoms with Gasteiger partial charge >= 0.3 is 5.97 Å². The summed E-state index contributed by atoms with van der Waals surface area (Å²) in [5.74, 6) is 0.286. The van der Waals surface area contributed by atoms with Gasteiger partial charge in [0.25, 0.3) is 0 Å². The third-order valence-electron chi connectivity index (χ3n) is 2.95. The highest BCUT2D eigenvalue weighted by Gasteiger charge is 2.22. The number of ether oxygens (including phenoxy) is 2. The molecule has 1 aromatic rings. The first kappa shape index (κ1) is 14.0. The van der Waals surface area contributed by atoms with Gasteiger partial charge in [0.05, 0.1) is 5.02 Å². The molecule has 19 heavy (non-hydrogen) atoms. The molecular formula is C13H16ClNO4. The molecule has 0 aromatic heterocycles. The average molecular weight is 286 g/mol. The molecule has 1 heterocycles. The fourth-order valence-corrected chi connectivity index (χ4v) is 2.25. The van der Waals surface area contributed by atoms with Gasteiger partial charge in [-0.1, -0.05) is 25.4 Å². The van der Waals surface area contributed by atoms with Crippen LogP contribution in [0.2, 0.25) is 5.02 Å². The molecule has 0 saturated heterocycles. The van der Waals surface area contributed by atoms with E-state index in [4.69, 9.17) is 26.2 Å². The molecule has 0 spiro atoms. The number of carboxylic acids is 1. The number of rotatable bonds is 5. The first-order valence-electron chi connectivity index (χ1n) is 6.03. The highest BCUT2D eigenvalue weighted by Crippen LogP contribution is 2.39. The first-order valence-corrected chi connectivity index (χ1v) is 6.41. The number of fused-ring (bicyclic) bond motifs is 1. The number of aliphatic carboxylic acids is 1. The van der Waals surface area contributed by atoms with Crippen LogP contribution < -0.4 is 14.8 Å². The number of hydrogen-bond donors (Lipinski definition) is 2. The van der Waals surface area contributed by atoms with E-state index in [1.165, 1.54) is 0 Å². The quantitative estimate of drug-likeness (QED) is 0.869. The van der Waals surface area contributed by atoms with Crippen LogP contribution in [0.25, 0.3) is 0 Å². The summed E-state index contributed by atoms with van der Waals surface area (Å²) in [5.41, 5.74) is 0.862. The summed E-state index contributed by atoms with van der Waals surface area (Å²) < 4.78 is 10.5. The molecule has 0 radical (unpaired) electrons. The molecule has 0 bridgehead atoms. The molecule has 1 atom stereocenters. The minimum Gasteiger partial charge on any atom is -0.480 e. The zero-order chi connectivity index (χ0) is 14.0.